The third kappa shape index (κ3) is 4.60. The average Bonchev–Trinajstić information content (AvgIpc) is 3.22. The molecule has 0 spiro atoms. The van der Waals surface area contributed by atoms with E-state index in [0.717, 1.165) is 11.1 Å². The summed E-state index contributed by atoms with van der Waals surface area (Å²) >= 11 is 12.5. The first kappa shape index (κ1) is 22.6. The fraction of sp³-hybridized carbons (Fsp3) is 0.240. The minimum absolute atomic E-state index is 0.0526. The number of benzene rings is 3. The van der Waals surface area contributed by atoms with Crippen molar-refractivity contribution in [2.45, 2.75) is 17.9 Å². The van der Waals surface area contributed by atoms with Crippen LogP contribution in [0.2, 0.25) is 10.0 Å². The van der Waals surface area contributed by atoms with Gasteiger partial charge in [-0.25, -0.2) is 9.18 Å². The van der Waals surface area contributed by atoms with Gasteiger partial charge >= 0.3 is 6.09 Å². The maximum atomic E-state index is 13.3. The Balaban J connectivity index is 1.70. The van der Waals surface area contributed by atoms with Crippen molar-refractivity contribution < 1.29 is 13.9 Å². The van der Waals surface area contributed by atoms with E-state index >= 15 is 0 Å². The topological polar surface area (TPSA) is 41.6 Å². The van der Waals surface area contributed by atoms with Gasteiger partial charge in [0.25, 0.3) is 0 Å². The molecule has 0 radical (unpaired) electrons. The predicted molar refractivity (Wildman–Crippen MR) is 125 cm³/mol. The second-order valence-electron chi connectivity index (χ2n) is 8.00. The molecule has 7 heteroatoms. The summed E-state index contributed by atoms with van der Waals surface area (Å²) in [5, 5.41) is 4.41. The van der Waals surface area contributed by atoms with Crippen LogP contribution < -0.4 is 10.1 Å². The number of nitrogens with zero attached hydrogens (tertiary/aromatic N) is 1. The van der Waals surface area contributed by atoms with E-state index in [0.29, 0.717) is 29.6 Å². The van der Waals surface area contributed by atoms with Crippen molar-refractivity contribution in [3.8, 4) is 5.75 Å². The average molecular weight is 473 g/mol. The predicted octanol–water partition coefficient (Wildman–Crippen LogP) is 5.93. The number of carbonyl (C=O) groups excluding carboxylic acids is 1. The quantitative estimate of drug-likeness (QED) is 0.500. The lowest BCUT2D eigenvalue weighted by Crippen LogP contribution is -2.56. The number of amides is 1. The van der Waals surface area contributed by atoms with Crippen molar-refractivity contribution in [2.75, 3.05) is 20.1 Å². The Bertz CT molecular complexity index is 1090. The summed E-state index contributed by atoms with van der Waals surface area (Å²) in [6.07, 6.45) is 0.0992. The summed E-state index contributed by atoms with van der Waals surface area (Å²) in [5.41, 5.74) is 1.47. The highest BCUT2D eigenvalue weighted by molar-refractivity contribution is 6.42. The van der Waals surface area contributed by atoms with Crippen LogP contribution in [0.1, 0.15) is 17.0 Å². The van der Waals surface area contributed by atoms with E-state index < -0.39 is 17.4 Å². The molecule has 0 aliphatic carbocycles. The molecule has 4 nitrogen and oxygen atoms in total. The maximum Gasteiger partial charge on any atom is 0.415 e. The molecule has 32 heavy (non-hydrogen) atoms. The van der Waals surface area contributed by atoms with Crippen LogP contribution in [0.3, 0.4) is 0 Å². The normalized spacial score (nSPS) is 20.2. The van der Waals surface area contributed by atoms with Crippen LogP contribution in [-0.4, -0.2) is 36.7 Å². The summed E-state index contributed by atoms with van der Waals surface area (Å²) in [7, 11) is 1.74. The van der Waals surface area contributed by atoms with Crippen LogP contribution in [0, 0.1) is 5.82 Å². The number of rotatable bonds is 5. The zero-order chi connectivity index (χ0) is 22.7. The van der Waals surface area contributed by atoms with Crippen LogP contribution in [0.25, 0.3) is 0 Å². The highest BCUT2D eigenvalue weighted by Crippen LogP contribution is 2.41. The summed E-state index contributed by atoms with van der Waals surface area (Å²) in [4.78, 5) is 14.9. The van der Waals surface area contributed by atoms with Crippen molar-refractivity contribution in [3.63, 3.8) is 0 Å². The van der Waals surface area contributed by atoms with Gasteiger partial charge in [-0.2, -0.15) is 0 Å². The van der Waals surface area contributed by atoms with E-state index in [1.54, 1.807) is 18.0 Å². The Morgan fingerprint density at radius 3 is 2.50 bits per heavy atom. The van der Waals surface area contributed by atoms with Crippen LogP contribution in [0.15, 0.2) is 72.8 Å². The summed E-state index contributed by atoms with van der Waals surface area (Å²) < 4.78 is 18.8. The highest BCUT2D eigenvalue weighted by atomic mass is 35.5. The van der Waals surface area contributed by atoms with Crippen molar-refractivity contribution in [1.82, 2.24) is 10.2 Å². The first-order chi connectivity index (χ1) is 15.4. The number of ether oxygens (including phenoxy) is 1. The van der Waals surface area contributed by atoms with Crippen molar-refractivity contribution in [1.29, 1.82) is 0 Å². The first-order valence-electron chi connectivity index (χ1n) is 10.3. The molecule has 1 fully saturated rings. The van der Waals surface area contributed by atoms with Crippen LogP contribution in [-0.2, 0) is 6.42 Å². The lowest BCUT2D eigenvalue weighted by atomic mass is 9.76. The van der Waals surface area contributed by atoms with Gasteiger partial charge in [0.05, 0.1) is 15.6 Å². The van der Waals surface area contributed by atoms with E-state index in [2.05, 4.69) is 5.32 Å². The summed E-state index contributed by atoms with van der Waals surface area (Å²) in [6, 6.07) is 21.0. The Labute approximate surface area is 196 Å². The van der Waals surface area contributed by atoms with Gasteiger partial charge in [0.2, 0.25) is 0 Å². The van der Waals surface area contributed by atoms with Gasteiger partial charge in [-0.1, -0.05) is 59.6 Å². The van der Waals surface area contributed by atoms with Crippen LogP contribution >= 0.6 is 23.2 Å². The van der Waals surface area contributed by atoms with Crippen LogP contribution in [0.5, 0.6) is 5.75 Å². The molecular weight excluding hydrogens is 450 g/mol. The highest BCUT2D eigenvalue weighted by Gasteiger charge is 2.49. The van der Waals surface area contributed by atoms with Gasteiger partial charge in [0.15, 0.2) is 0 Å². The van der Waals surface area contributed by atoms with Gasteiger partial charge in [-0.05, 0) is 53.9 Å². The molecule has 0 aromatic heterocycles. The van der Waals surface area contributed by atoms with Crippen molar-refractivity contribution >= 4 is 29.3 Å². The van der Waals surface area contributed by atoms with Gasteiger partial charge < -0.3 is 15.0 Å². The van der Waals surface area contributed by atoms with E-state index in [9.17, 15) is 9.18 Å². The second kappa shape index (κ2) is 9.49. The molecular formula is C25H23Cl2FN2O2. The molecule has 0 unspecified atom stereocenters. The number of likely N-dealkylation sites (N-methyl/N-ethyl adjacent to an activating group) is 1. The third-order valence-electron chi connectivity index (χ3n) is 6.09. The van der Waals surface area contributed by atoms with Gasteiger partial charge in [0.1, 0.15) is 11.6 Å². The molecule has 2 atom stereocenters. The molecule has 166 valence electrons. The zero-order valence-electron chi connectivity index (χ0n) is 17.5. The van der Waals surface area contributed by atoms with E-state index in [1.165, 1.54) is 24.3 Å². The zero-order valence-corrected chi connectivity index (χ0v) is 19.0. The van der Waals surface area contributed by atoms with Gasteiger partial charge in [-0.3, -0.25) is 0 Å². The van der Waals surface area contributed by atoms with Crippen molar-refractivity contribution in [3.05, 3.63) is 99.8 Å². The van der Waals surface area contributed by atoms with E-state index in [-0.39, 0.29) is 11.7 Å². The number of carbonyl (C=O) groups is 1. The number of halogens is 3. The largest absolute Gasteiger partial charge is 0.415 e. The fourth-order valence-electron chi connectivity index (χ4n) is 4.36. The standard InChI is InChI=1S/C25H23Cl2FN2O2/c1-30(24(31)32-20-10-8-19(28)9-11-20)25(14-17-5-3-2-4-6-17)16-29-15-21(25)18-7-12-22(26)23(27)13-18/h2-13,21,29H,14-16H2,1H3/t21-,25+/m1/s1. The monoisotopic (exact) mass is 472 g/mol. The Morgan fingerprint density at radius 2 is 1.81 bits per heavy atom. The fourth-order valence-corrected chi connectivity index (χ4v) is 4.67. The van der Waals surface area contributed by atoms with E-state index in [1.807, 2.05) is 42.5 Å². The Kier molecular flexibility index (Phi) is 6.70. The van der Waals surface area contributed by atoms with Crippen LogP contribution in [0.4, 0.5) is 9.18 Å². The maximum absolute atomic E-state index is 13.3. The molecule has 1 aliphatic rings. The smallest absolute Gasteiger partial charge is 0.410 e. The second-order valence-corrected chi connectivity index (χ2v) is 8.82. The molecule has 3 aromatic rings. The molecule has 0 bridgehead atoms. The number of nitrogens with one attached hydrogen (secondary N) is 1. The lowest BCUT2D eigenvalue weighted by Gasteiger charge is -2.42. The molecule has 3 aromatic carbocycles. The molecule has 4 rings (SSSR count). The molecule has 0 saturated carbocycles. The summed E-state index contributed by atoms with van der Waals surface area (Å²) in [5.74, 6) is -0.156. The third-order valence-corrected chi connectivity index (χ3v) is 6.83. The molecule has 1 N–H and O–H groups in total. The minimum atomic E-state index is -0.615. The lowest BCUT2D eigenvalue weighted by molar-refractivity contribution is 0.0986. The number of hydrogen-bond acceptors (Lipinski definition) is 3. The van der Waals surface area contributed by atoms with Gasteiger partial charge in [-0.15, -0.1) is 0 Å². The first-order valence-corrected chi connectivity index (χ1v) is 11.1. The Hall–Kier alpha value is -2.60. The molecule has 1 amide bonds. The van der Waals surface area contributed by atoms with Gasteiger partial charge in [0, 0.05) is 26.1 Å². The molecule has 1 aliphatic heterocycles. The van der Waals surface area contributed by atoms with Crippen molar-refractivity contribution in [2.24, 2.45) is 0 Å². The SMILES string of the molecule is CN(C(=O)Oc1ccc(F)cc1)[C@@]1(Cc2ccccc2)CNC[C@@H]1c1ccc(Cl)c(Cl)c1. The van der Waals surface area contributed by atoms with E-state index in [4.69, 9.17) is 27.9 Å². The minimum Gasteiger partial charge on any atom is -0.410 e. The molecule has 1 heterocycles. The Morgan fingerprint density at radius 1 is 1.09 bits per heavy atom. The molecule has 1 saturated heterocycles. The summed E-state index contributed by atoms with van der Waals surface area (Å²) in [6.45, 7) is 1.24. The number of hydrogen-bond donors (Lipinski definition) is 1.